The fourth-order valence-corrected chi connectivity index (χ4v) is 4.49. The van der Waals surface area contributed by atoms with Gasteiger partial charge < -0.3 is 24.9 Å². The SMILES string of the molecule is C[C@H]1[C@@H](Cn2cnc3ccccc32)O[C@@H](c2ccc(CN)cc2)O[C@H]1c1ccc(CO)cc1. The van der Waals surface area contributed by atoms with Gasteiger partial charge in [0.25, 0.3) is 0 Å². The van der Waals surface area contributed by atoms with Crippen LogP contribution in [0.4, 0.5) is 0 Å². The molecule has 4 aromatic rings. The molecule has 33 heavy (non-hydrogen) atoms. The second-order valence-electron chi connectivity index (χ2n) is 8.65. The van der Waals surface area contributed by atoms with E-state index in [1.807, 2.05) is 73.1 Å². The number of para-hydroxylation sites is 2. The Morgan fingerprint density at radius 2 is 1.61 bits per heavy atom. The molecule has 0 unspecified atom stereocenters. The second kappa shape index (κ2) is 9.45. The number of aliphatic hydroxyl groups is 1. The summed E-state index contributed by atoms with van der Waals surface area (Å²) >= 11 is 0. The molecule has 1 aliphatic rings. The first-order valence-electron chi connectivity index (χ1n) is 11.4. The van der Waals surface area contributed by atoms with Crippen molar-refractivity contribution in [2.75, 3.05) is 0 Å². The number of benzene rings is 3. The topological polar surface area (TPSA) is 82.5 Å². The van der Waals surface area contributed by atoms with E-state index in [0.717, 1.165) is 33.3 Å². The molecule has 1 fully saturated rings. The highest BCUT2D eigenvalue weighted by Gasteiger charge is 2.38. The van der Waals surface area contributed by atoms with Crippen LogP contribution in [-0.4, -0.2) is 20.8 Å². The van der Waals surface area contributed by atoms with Gasteiger partial charge in [0, 0.05) is 18.0 Å². The number of nitrogens with zero attached hydrogens (tertiary/aromatic N) is 2. The predicted molar refractivity (Wildman–Crippen MR) is 127 cm³/mol. The van der Waals surface area contributed by atoms with Gasteiger partial charge in [0.2, 0.25) is 0 Å². The van der Waals surface area contributed by atoms with Crippen LogP contribution in [-0.2, 0) is 29.2 Å². The molecule has 6 nitrogen and oxygen atoms in total. The van der Waals surface area contributed by atoms with E-state index in [2.05, 4.69) is 22.5 Å². The number of aromatic nitrogens is 2. The summed E-state index contributed by atoms with van der Waals surface area (Å²) in [6, 6.07) is 24.2. The lowest BCUT2D eigenvalue weighted by atomic mass is 9.90. The highest BCUT2D eigenvalue weighted by Crippen LogP contribution is 2.42. The molecule has 0 aliphatic carbocycles. The van der Waals surface area contributed by atoms with Crippen molar-refractivity contribution in [3.05, 3.63) is 101 Å². The number of nitrogens with two attached hydrogens (primary N) is 1. The largest absolute Gasteiger partial charge is 0.392 e. The Labute approximate surface area is 193 Å². The molecule has 170 valence electrons. The van der Waals surface area contributed by atoms with E-state index in [-0.39, 0.29) is 24.7 Å². The van der Waals surface area contributed by atoms with Crippen LogP contribution in [0.3, 0.4) is 0 Å². The summed E-state index contributed by atoms with van der Waals surface area (Å²) in [5, 5.41) is 9.43. The summed E-state index contributed by atoms with van der Waals surface area (Å²) in [6.07, 6.45) is 1.16. The molecule has 5 rings (SSSR count). The monoisotopic (exact) mass is 443 g/mol. The Hall–Kier alpha value is -3.03. The maximum absolute atomic E-state index is 9.43. The summed E-state index contributed by atoms with van der Waals surface area (Å²) in [6.45, 7) is 3.37. The number of hydrogen-bond acceptors (Lipinski definition) is 5. The molecule has 0 saturated carbocycles. The normalized spacial score (nSPS) is 23.1. The molecule has 0 spiro atoms. The van der Waals surface area contributed by atoms with E-state index < -0.39 is 6.29 Å². The van der Waals surface area contributed by atoms with Gasteiger partial charge in [0.1, 0.15) is 0 Å². The van der Waals surface area contributed by atoms with Crippen molar-refractivity contribution in [3.8, 4) is 0 Å². The standard InChI is InChI=1S/C27H29N3O3/c1-18-25(15-30-17-29-23-4-2-3-5-24(23)30)32-27(22-12-6-19(14-28)7-13-22)33-26(18)21-10-8-20(16-31)9-11-21/h2-13,17-18,25-27,31H,14-16,28H2,1H3/t18-,25+,26+,27+/m0/s1. The Balaban J connectivity index is 1.47. The molecule has 0 bridgehead atoms. The average Bonchev–Trinajstić information content (AvgIpc) is 3.28. The highest BCUT2D eigenvalue weighted by molar-refractivity contribution is 5.74. The zero-order chi connectivity index (χ0) is 22.8. The van der Waals surface area contributed by atoms with Gasteiger partial charge in [0.05, 0.1) is 42.7 Å². The Bertz CT molecular complexity index is 1200. The van der Waals surface area contributed by atoms with Gasteiger partial charge in [-0.2, -0.15) is 0 Å². The number of ether oxygens (including phenoxy) is 2. The summed E-state index contributed by atoms with van der Waals surface area (Å²) in [5.41, 5.74) is 11.8. The first-order chi connectivity index (χ1) is 16.2. The van der Waals surface area contributed by atoms with Crippen molar-refractivity contribution < 1.29 is 14.6 Å². The van der Waals surface area contributed by atoms with Gasteiger partial charge in [-0.15, -0.1) is 0 Å². The molecule has 1 saturated heterocycles. The minimum absolute atomic E-state index is 0.0247. The lowest BCUT2D eigenvalue weighted by Gasteiger charge is -2.41. The summed E-state index contributed by atoms with van der Waals surface area (Å²) in [7, 11) is 0. The molecular weight excluding hydrogens is 414 g/mol. The third-order valence-corrected chi connectivity index (χ3v) is 6.51. The van der Waals surface area contributed by atoms with Gasteiger partial charge >= 0.3 is 0 Å². The zero-order valence-corrected chi connectivity index (χ0v) is 18.7. The quantitative estimate of drug-likeness (QED) is 0.459. The van der Waals surface area contributed by atoms with Crippen molar-refractivity contribution >= 4 is 11.0 Å². The van der Waals surface area contributed by atoms with Crippen molar-refractivity contribution in [2.24, 2.45) is 11.7 Å². The van der Waals surface area contributed by atoms with E-state index >= 15 is 0 Å². The molecule has 6 heteroatoms. The predicted octanol–water partition coefficient (Wildman–Crippen LogP) is 4.48. The summed E-state index contributed by atoms with van der Waals surface area (Å²) < 4.78 is 15.2. The first-order valence-corrected chi connectivity index (χ1v) is 11.4. The second-order valence-corrected chi connectivity index (χ2v) is 8.65. The number of fused-ring (bicyclic) bond motifs is 1. The number of hydrogen-bond donors (Lipinski definition) is 2. The van der Waals surface area contributed by atoms with Gasteiger partial charge in [0.15, 0.2) is 6.29 Å². The van der Waals surface area contributed by atoms with Gasteiger partial charge in [-0.25, -0.2) is 4.98 Å². The fraction of sp³-hybridized carbons (Fsp3) is 0.296. The van der Waals surface area contributed by atoms with Crippen molar-refractivity contribution in [3.63, 3.8) is 0 Å². The maximum Gasteiger partial charge on any atom is 0.184 e. The molecule has 1 aliphatic heterocycles. The van der Waals surface area contributed by atoms with Crippen LogP contribution in [0.25, 0.3) is 11.0 Å². The van der Waals surface area contributed by atoms with Crippen LogP contribution >= 0.6 is 0 Å². The Kier molecular flexibility index (Phi) is 6.24. The third-order valence-electron chi connectivity index (χ3n) is 6.51. The molecular formula is C27H29N3O3. The van der Waals surface area contributed by atoms with Crippen LogP contribution in [0.2, 0.25) is 0 Å². The first kappa shape index (κ1) is 21.8. The average molecular weight is 444 g/mol. The van der Waals surface area contributed by atoms with Gasteiger partial charge in [-0.3, -0.25) is 0 Å². The van der Waals surface area contributed by atoms with E-state index in [0.29, 0.717) is 13.1 Å². The van der Waals surface area contributed by atoms with Crippen LogP contribution in [0.1, 0.15) is 41.6 Å². The molecule has 2 heterocycles. The summed E-state index contributed by atoms with van der Waals surface area (Å²) in [4.78, 5) is 4.54. The Morgan fingerprint density at radius 3 is 2.33 bits per heavy atom. The zero-order valence-electron chi connectivity index (χ0n) is 18.7. The van der Waals surface area contributed by atoms with Crippen molar-refractivity contribution in [1.82, 2.24) is 9.55 Å². The number of aliphatic hydroxyl groups excluding tert-OH is 1. The third kappa shape index (κ3) is 4.43. The lowest BCUT2D eigenvalue weighted by Crippen LogP contribution is -2.39. The fourth-order valence-electron chi connectivity index (χ4n) is 4.49. The Morgan fingerprint density at radius 1 is 0.909 bits per heavy atom. The smallest absolute Gasteiger partial charge is 0.184 e. The van der Waals surface area contributed by atoms with Crippen molar-refractivity contribution in [2.45, 2.75) is 45.1 Å². The number of imidazole rings is 1. The summed E-state index contributed by atoms with van der Waals surface area (Å²) in [5.74, 6) is 0.103. The minimum Gasteiger partial charge on any atom is -0.392 e. The van der Waals surface area contributed by atoms with Gasteiger partial charge in [-0.05, 0) is 28.8 Å². The molecule has 1 aromatic heterocycles. The minimum atomic E-state index is -0.490. The van der Waals surface area contributed by atoms with Crippen LogP contribution in [0, 0.1) is 5.92 Å². The van der Waals surface area contributed by atoms with Crippen LogP contribution in [0.5, 0.6) is 0 Å². The molecule has 3 aromatic carbocycles. The van der Waals surface area contributed by atoms with Crippen molar-refractivity contribution in [1.29, 1.82) is 0 Å². The van der Waals surface area contributed by atoms with E-state index in [4.69, 9.17) is 15.2 Å². The van der Waals surface area contributed by atoms with E-state index in [1.165, 1.54) is 0 Å². The van der Waals surface area contributed by atoms with Crippen LogP contribution < -0.4 is 5.73 Å². The lowest BCUT2D eigenvalue weighted by molar-refractivity contribution is -0.276. The van der Waals surface area contributed by atoms with E-state index in [1.54, 1.807) is 0 Å². The number of rotatable bonds is 6. The van der Waals surface area contributed by atoms with Gasteiger partial charge in [-0.1, -0.05) is 67.6 Å². The maximum atomic E-state index is 9.43. The molecule has 0 radical (unpaired) electrons. The molecule has 3 N–H and O–H groups in total. The molecule has 0 amide bonds. The van der Waals surface area contributed by atoms with Crippen LogP contribution in [0.15, 0.2) is 79.1 Å². The van der Waals surface area contributed by atoms with E-state index in [9.17, 15) is 5.11 Å². The highest BCUT2D eigenvalue weighted by atomic mass is 16.7. The molecule has 4 atom stereocenters.